The van der Waals surface area contributed by atoms with E-state index in [9.17, 15) is 0 Å². The van der Waals surface area contributed by atoms with Crippen LogP contribution in [0.4, 0.5) is 17.1 Å². The van der Waals surface area contributed by atoms with Crippen LogP contribution in [0.1, 0.15) is 0 Å². The average molecular weight is 702 g/mol. The SMILES string of the molecule is c1ccc(N(c2ccccc2)c2ccc(-c3ccc4c(c3)c3c5c6ccccc6n(-c6ccccc6)c5c5ccccc5c3n4-c3ccccc3)cc2)cc1. The maximum atomic E-state index is 2.48. The molecule has 0 radical (unpaired) electrons. The van der Waals surface area contributed by atoms with Gasteiger partial charge in [0.15, 0.2) is 0 Å². The highest BCUT2D eigenvalue weighted by Gasteiger charge is 2.24. The number of anilines is 3. The summed E-state index contributed by atoms with van der Waals surface area (Å²) < 4.78 is 4.94. The van der Waals surface area contributed by atoms with Crippen LogP contribution in [-0.2, 0) is 0 Å². The molecule has 0 aliphatic carbocycles. The summed E-state index contributed by atoms with van der Waals surface area (Å²) in [5.74, 6) is 0. The molecular formula is C52H35N3. The molecule has 2 aromatic heterocycles. The quantitative estimate of drug-likeness (QED) is 0.168. The Morgan fingerprint density at radius 1 is 0.291 bits per heavy atom. The minimum Gasteiger partial charge on any atom is -0.311 e. The molecule has 11 rings (SSSR count). The minimum atomic E-state index is 1.12. The summed E-state index contributed by atoms with van der Waals surface area (Å²) in [5, 5.41) is 7.52. The van der Waals surface area contributed by atoms with Crippen LogP contribution in [0.2, 0.25) is 0 Å². The molecule has 2 heterocycles. The zero-order valence-electron chi connectivity index (χ0n) is 30.0. The van der Waals surface area contributed by atoms with Gasteiger partial charge in [0, 0.05) is 60.8 Å². The summed E-state index contributed by atoms with van der Waals surface area (Å²) in [6, 6.07) is 76.7. The predicted molar refractivity (Wildman–Crippen MR) is 233 cm³/mol. The lowest BCUT2D eigenvalue weighted by Gasteiger charge is -2.25. The van der Waals surface area contributed by atoms with Gasteiger partial charge in [-0.1, -0.05) is 133 Å². The van der Waals surface area contributed by atoms with Crippen LogP contribution in [-0.4, -0.2) is 9.13 Å². The van der Waals surface area contributed by atoms with Crippen molar-refractivity contribution in [3.8, 4) is 22.5 Å². The summed E-state index contributed by atoms with van der Waals surface area (Å²) in [5.41, 5.74) is 12.9. The number of rotatable bonds is 6. The molecule has 258 valence electrons. The van der Waals surface area contributed by atoms with Crippen molar-refractivity contribution in [2.75, 3.05) is 4.90 Å². The number of hydrogen-bond donors (Lipinski definition) is 0. The fraction of sp³-hybridized carbons (Fsp3) is 0. The molecule has 0 aliphatic rings. The fourth-order valence-electron chi connectivity index (χ4n) is 8.72. The van der Waals surface area contributed by atoms with Crippen molar-refractivity contribution in [3.05, 3.63) is 212 Å². The zero-order valence-corrected chi connectivity index (χ0v) is 30.0. The topological polar surface area (TPSA) is 13.1 Å². The summed E-state index contributed by atoms with van der Waals surface area (Å²) >= 11 is 0. The smallest absolute Gasteiger partial charge is 0.0627 e. The number of benzene rings is 9. The van der Waals surface area contributed by atoms with Crippen molar-refractivity contribution >= 4 is 71.4 Å². The van der Waals surface area contributed by atoms with Gasteiger partial charge in [-0.25, -0.2) is 0 Å². The molecule has 9 aromatic carbocycles. The highest BCUT2D eigenvalue weighted by atomic mass is 15.1. The van der Waals surface area contributed by atoms with Crippen LogP contribution in [0.5, 0.6) is 0 Å². The van der Waals surface area contributed by atoms with Gasteiger partial charge in [0.05, 0.1) is 22.1 Å². The van der Waals surface area contributed by atoms with Gasteiger partial charge in [0.1, 0.15) is 0 Å². The third kappa shape index (κ3) is 4.91. The molecule has 0 spiro atoms. The molecule has 0 saturated carbocycles. The first kappa shape index (κ1) is 31.2. The number of nitrogens with zero attached hydrogens (tertiary/aromatic N) is 3. The van der Waals surface area contributed by atoms with Crippen molar-refractivity contribution in [1.29, 1.82) is 0 Å². The van der Waals surface area contributed by atoms with Gasteiger partial charge in [0.25, 0.3) is 0 Å². The van der Waals surface area contributed by atoms with Gasteiger partial charge < -0.3 is 14.0 Å². The first-order chi connectivity index (χ1) is 27.3. The van der Waals surface area contributed by atoms with Gasteiger partial charge in [-0.15, -0.1) is 0 Å². The molecule has 3 heteroatoms. The summed E-state index contributed by atoms with van der Waals surface area (Å²) in [6.45, 7) is 0. The van der Waals surface area contributed by atoms with E-state index < -0.39 is 0 Å². The van der Waals surface area contributed by atoms with Crippen molar-refractivity contribution < 1.29 is 0 Å². The molecule has 0 fully saturated rings. The second-order valence-electron chi connectivity index (χ2n) is 14.1. The number of hydrogen-bond acceptors (Lipinski definition) is 1. The molecule has 0 unspecified atom stereocenters. The Bertz CT molecular complexity index is 3120. The molecule has 0 aliphatic heterocycles. The summed E-state index contributed by atoms with van der Waals surface area (Å²) in [6.07, 6.45) is 0. The molecular weight excluding hydrogens is 667 g/mol. The zero-order chi connectivity index (χ0) is 36.3. The van der Waals surface area contributed by atoms with E-state index in [2.05, 4.69) is 226 Å². The van der Waals surface area contributed by atoms with E-state index in [-0.39, 0.29) is 0 Å². The molecule has 3 nitrogen and oxygen atoms in total. The van der Waals surface area contributed by atoms with Crippen molar-refractivity contribution in [3.63, 3.8) is 0 Å². The second-order valence-corrected chi connectivity index (χ2v) is 14.1. The molecule has 11 aromatic rings. The largest absolute Gasteiger partial charge is 0.311 e. The van der Waals surface area contributed by atoms with E-state index in [1.165, 1.54) is 65.5 Å². The maximum absolute atomic E-state index is 2.48. The van der Waals surface area contributed by atoms with Gasteiger partial charge in [-0.3, -0.25) is 0 Å². The highest BCUT2D eigenvalue weighted by molar-refractivity contribution is 6.37. The van der Waals surface area contributed by atoms with E-state index in [0.29, 0.717) is 0 Å². The average Bonchev–Trinajstić information content (AvgIpc) is 3.79. The predicted octanol–water partition coefficient (Wildman–Crippen LogP) is 14.2. The minimum absolute atomic E-state index is 1.12. The van der Waals surface area contributed by atoms with Crippen LogP contribution < -0.4 is 4.90 Å². The number of aromatic nitrogens is 2. The monoisotopic (exact) mass is 701 g/mol. The standard InChI is InChI=1S/C52H35N3/c1-5-17-38(18-6-1)53(39-19-7-2-8-20-39)42-32-29-36(30-33-42)37-31-34-48-46(35-37)50-49-45-27-15-16-28-47(45)54(40-21-9-3-10-22-40)51(49)43-25-13-14-26-44(43)52(50)55(48)41-23-11-4-12-24-41/h1-35H. The van der Waals surface area contributed by atoms with Crippen LogP contribution in [0, 0.1) is 0 Å². The maximum Gasteiger partial charge on any atom is 0.0627 e. The first-order valence-corrected chi connectivity index (χ1v) is 18.9. The Labute approximate surface area is 319 Å². The summed E-state index contributed by atoms with van der Waals surface area (Å²) in [7, 11) is 0. The van der Waals surface area contributed by atoms with Crippen LogP contribution in [0.25, 0.3) is 76.9 Å². The molecule has 0 atom stereocenters. The Morgan fingerprint density at radius 3 is 1.24 bits per heavy atom. The Kier molecular flexibility index (Phi) is 7.17. The van der Waals surface area contributed by atoms with Gasteiger partial charge in [-0.05, 0) is 90.0 Å². The molecule has 0 saturated heterocycles. The van der Waals surface area contributed by atoms with E-state index in [1.54, 1.807) is 0 Å². The Balaban J connectivity index is 1.21. The first-order valence-electron chi connectivity index (χ1n) is 18.9. The number of fused-ring (bicyclic) bond motifs is 10. The van der Waals surface area contributed by atoms with Crippen LogP contribution in [0.3, 0.4) is 0 Å². The van der Waals surface area contributed by atoms with Crippen LogP contribution in [0.15, 0.2) is 212 Å². The summed E-state index contributed by atoms with van der Waals surface area (Å²) in [4.78, 5) is 2.31. The fourth-order valence-corrected chi connectivity index (χ4v) is 8.72. The Morgan fingerprint density at radius 2 is 0.691 bits per heavy atom. The second kappa shape index (κ2) is 12.6. The lowest BCUT2D eigenvalue weighted by molar-refractivity contribution is 1.18. The highest BCUT2D eigenvalue weighted by Crippen LogP contribution is 2.47. The van der Waals surface area contributed by atoms with Crippen LogP contribution >= 0.6 is 0 Å². The normalized spacial score (nSPS) is 11.6. The van der Waals surface area contributed by atoms with Gasteiger partial charge in [0.2, 0.25) is 0 Å². The van der Waals surface area contributed by atoms with E-state index >= 15 is 0 Å². The van der Waals surface area contributed by atoms with Crippen molar-refractivity contribution in [2.45, 2.75) is 0 Å². The van der Waals surface area contributed by atoms with E-state index in [1.807, 2.05) is 0 Å². The third-order valence-corrected chi connectivity index (χ3v) is 11.0. The van der Waals surface area contributed by atoms with Crippen molar-refractivity contribution in [1.82, 2.24) is 9.13 Å². The lowest BCUT2D eigenvalue weighted by atomic mass is 9.97. The Hall–Kier alpha value is -7.36. The van der Waals surface area contributed by atoms with Gasteiger partial charge in [-0.2, -0.15) is 0 Å². The molecule has 55 heavy (non-hydrogen) atoms. The van der Waals surface area contributed by atoms with E-state index in [4.69, 9.17) is 0 Å². The third-order valence-electron chi connectivity index (χ3n) is 11.0. The molecule has 0 bridgehead atoms. The lowest BCUT2D eigenvalue weighted by Crippen LogP contribution is -2.09. The van der Waals surface area contributed by atoms with Crippen molar-refractivity contribution in [2.24, 2.45) is 0 Å². The molecule has 0 amide bonds. The van der Waals surface area contributed by atoms with Gasteiger partial charge >= 0.3 is 0 Å². The van der Waals surface area contributed by atoms with E-state index in [0.717, 1.165) is 28.4 Å². The number of para-hydroxylation sites is 5. The molecule has 0 N–H and O–H groups in total.